The maximum atomic E-state index is 5.54. The van der Waals surface area contributed by atoms with Gasteiger partial charge in [-0.05, 0) is 36.3 Å². The van der Waals surface area contributed by atoms with Crippen molar-refractivity contribution < 1.29 is 0 Å². The fraction of sp³-hybridized carbons (Fsp3) is 0.250. The highest BCUT2D eigenvalue weighted by Gasteiger charge is 2.14. The molecule has 0 fully saturated rings. The Morgan fingerprint density at radius 2 is 1.75 bits per heavy atom. The molecule has 0 saturated carbocycles. The summed E-state index contributed by atoms with van der Waals surface area (Å²) in [6.45, 7) is 4.74. The third kappa shape index (κ3) is 3.44. The molecule has 0 spiro atoms. The van der Waals surface area contributed by atoms with Crippen LogP contribution in [0.25, 0.3) is 10.9 Å². The van der Waals surface area contributed by atoms with Gasteiger partial charge in [0, 0.05) is 43.8 Å². The van der Waals surface area contributed by atoms with Gasteiger partial charge in [0.25, 0.3) is 0 Å². The first-order valence-electron chi connectivity index (χ1n) is 8.30. The number of para-hydroxylation sites is 1. The summed E-state index contributed by atoms with van der Waals surface area (Å²) in [4.78, 5) is 2.21. The SMILES string of the molecule is CCn1cc(CN(Cc2ccccc2)C(=S)NC)c2ccccc21. The van der Waals surface area contributed by atoms with Crippen LogP contribution in [0.2, 0.25) is 0 Å². The van der Waals surface area contributed by atoms with E-state index in [9.17, 15) is 0 Å². The summed E-state index contributed by atoms with van der Waals surface area (Å²) in [7, 11) is 1.88. The van der Waals surface area contributed by atoms with Crippen LogP contribution in [0.1, 0.15) is 18.1 Å². The summed E-state index contributed by atoms with van der Waals surface area (Å²) in [6.07, 6.45) is 2.25. The molecule has 1 aromatic heterocycles. The molecule has 0 atom stereocenters. The van der Waals surface area contributed by atoms with Crippen LogP contribution in [0.4, 0.5) is 0 Å². The Bertz CT molecular complexity index is 823. The second-order valence-electron chi connectivity index (χ2n) is 5.85. The second kappa shape index (κ2) is 7.49. The van der Waals surface area contributed by atoms with Crippen LogP contribution in [0.15, 0.2) is 60.8 Å². The summed E-state index contributed by atoms with van der Waals surface area (Å²) in [5, 5.41) is 5.20. The normalized spacial score (nSPS) is 10.8. The minimum Gasteiger partial charge on any atom is -0.366 e. The van der Waals surface area contributed by atoms with Crippen molar-refractivity contribution in [2.24, 2.45) is 0 Å². The molecular weight excluding hydrogens is 314 g/mol. The molecule has 0 unspecified atom stereocenters. The summed E-state index contributed by atoms with van der Waals surface area (Å²) in [5.74, 6) is 0. The van der Waals surface area contributed by atoms with Crippen molar-refractivity contribution in [3.8, 4) is 0 Å². The van der Waals surface area contributed by atoms with Gasteiger partial charge in [0.15, 0.2) is 5.11 Å². The van der Waals surface area contributed by atoms with Gasteiger partial charge in [-0.25, -0.2) is 0 Å². The summed E-state index contributed by atoms with van der Waals surface area (Å²) < 4.78 is 2.30. The second-order valence-corrected chi connectivity index (χ2v) is 6.24. The molecule has 2 aromatic carbocycles. The van der Waals surface area contributed by atoms with Crippen molar-refractivity contribution >= 4 is 28.2 Å². The Morgan fingerprint density at radius 1 is 1.04 bits per heavy atom. The predicted octanol–water partition coefficient (Wildman–Crippen LogP) is 4.17. The molecule has 24 heavy (non-hydrogen) atoms. The number of aromatic nitrogens is 1. The van der Waals surface area contributed by atoms with E-state index in [1.807, 2.05) is 13.1 Å². The Balaban J connectivity index is 1.91. The van der Waals surface area contributed by atoms with Gasteiger partial charge >= 0.3 is 0 Å². The first kappa shape index (κ1) is 16.5. The van der Waals surface area contributed by atoms with Crippen LogP contribution in [-0.2, 0) is 19.6 Å². The maximum absolute atomic E-state index is 5.54. The fourth-order valence-corrected chi connectivity index (χ4v) is 3.21. The molecule has 0 aliphatic carbocycles. The molecule has 3 rings (SSSR count). The molecule has 0 amide bonds. The van der Waals surface area contributed by atoms with E-state index in [2.05, 4.69) is 76.4 Å². The molecule has 0 aliphatic rings. The lowest BCUT2D eigenvalue weighted by Crippen LogP contribution is -2.36. The lowest BCUT2D eigenvalue weighted by Gasteiger charge is -2.25. The van der Waals surface area contributed by atoms with Gasteiger partial charge in [-0.1, -0.05) is 48.5 Å². The van der Waals surface area contributed by atoms with Crippen molar-refractivity contribution in [2.75, 3.05) is 7.05 Å². The zero-order valence-corrected chi connectivity index (χ0v) is 15.0. The standard InChI is InChI=1S/C20H23N3S/c1-3-22-14-17(18-11-7-8-12-19(18)22)15-23(20(24)21-2)13-16-9-5-4-6-10-16/h4-12,14H,3,13,15H2,1-2H3,(H,21,24). The third-order valence-corrected chi connectivity index (χ3v) is 4.75. The van der Waals surface area contributed by atoms with E-state index in [-0.39, 0.29) is 0 Å². The highest BCUT2D eigenvalue weighted by molar-refractivity contribution is 7.80. The average molecular weight is 337 g/mol. The molecule has 0 radical (unpaired) electrons. The number of hydrogen-bond acceptors (Lipinski definition) is 1. The molecule has 0 aliphatic heterocycles. The summed E-state index contributed by atoms with van der Waals surface area (Å²) in [6, 6.07) is 19.0. The van der Waals surface area contributed by atoms with E-state index < -0.39 is 0 Å². The van der Waals surface area contributed by atoms with Crippen LogP contribution in [0.5, 0.6) is 0 Å². The first-order valence-corrected chi connectivity index (χ1v) is 8.71. The summed E-state index contributed by atoms with van der Waals surface area (Å²) in [5.41, 5.74) is 3.85. The van der Waals surface area contributed by atoms with Crippen LogP contribution in [0, 0.1) is 0 Å². The van der Waals surface area contributed by atoms with E-state index in [1.165, 1.54) is 22.0 Å². The van der Waals surface area contributed by atoms with E-state index >= 15 is 0 Å². The van der Waals surface area contributed by atoms with Crippen molar-refractivity contribution in [3.05, 3.63) is 71.9 Å². The molecule has 3 aromatic rings. The van der Waals surface area contributed by atoms with Crippen molar-refractivity contribution in [1.82, 2.24) is 14.8 Å². The van der Waals surface area contributed by atoms with Crippen molar-refractivity contribution in [3.63, 3.8) is 0 Å². The molecule has 0 bridgehead atoms. The largest absolute Gasteiger partial charge is 0.366 e. The van der Waals surface area contributed by atoms with Crippen LogP contribution >= 0.6 is 12.2 Å². The smallest absolute Gasteiger partial charge is 0.169 e. The molecule has 3 nitrogen and oxygen atoms in total. The number of thiocarbonyl (C=S) groups is 1. The van der Waals surface area contributed by atoms with Crippen molar-refractivity contribution in [2.45, 2.75) is 26.6 Å². The monoisotopic (exact) mass is 337 g/mol. The lowest BCUT2D eigenvalue weighted by atomic mass is 10.1. The quantitative estimate of drug-likeness (QED) is 0.706. The molecule has 0 saturated heterocycles. The Labute approximate surface area is 148 Å². The van der Waals surface area contributed by atoms with Gasteiger partial charge in [0.05, 0.1) is 0 Å². The van der Waals surface area contributed by atoms with E-state index in [1.54, 1.807) is 0 Å². The molecule has 1 heterocycles. The van der Waals surface area contributed by atoms with E-state index in [4.69, 9.17) is 12.2 Å². The van der Waals surface area contributed by atoms with Crippen LogP contribution < -0.4 is 5.32 Å². The van der Waals surface area contributed by atoms with Gasteiger partial charge in [0.2, 0.25) is 0 Å². The Hall–Kier alpha value is -2.33. The number of nitrogens with one attached hydrogen (secondary N) is 1. The summed E-state index contributed by atoms with van der Waals surface area (Å²) >= 11 is 5.54. The molecular formula is C20H23N3S. The van der Waals surface area contributed by atoms with Crippen molar-refractivity contribution in [1.29, 1.82) is 0 Å². The average Bonchev–Trinajstić information content (AvgIpc) is 2.99. The lowest BCUT2D eigenvalue weighted by molar-refractivity contribution is 0.403. The van der Waals surface area contributed by atoms with E-state index in [0.717, 1.165) is 24.7 Å². The van der Waals surface area contributed by atoms with Crippen LogP contribution in [0.3, 0.4) is 0 Å². The molecule has 1 N–H and O–H groups in total. The Morgan fingerprint density at radius 3 is 2.46 bits per heavy atom. The number of rotatable bonds is 5. The first-order chi connectivity index (χ1) is 11.7. The highest BCUT2D eigenvalue weighted by atomic mass is 32.1. The number of fused-ring (bicyclic) bond motifs is 1. The molecule has 4 heteroatoms. The minimum absolute atomic E-state index is 0.771. The zero-order valence-electron chi connectivity index (χ0n) is 14.2. The minimum atomic E-state index is 0.771. The topological polar surface area (TPSA) is 20.2 Å². The maximum Gasteiger partial charge on any atom is 0.169 e. The Kier molecular flexibility index (Phi) is 5.16. The number of benzene rings is 2. The molecule has 124 valence electrons. The third-order valence-electron chi connectivity index (χ3n) is 4.29. The highest BCUT2D eigenvalue weighted by Crippen LogP contribution is 2.23. The van der Waals surface area contributed by atoms with Crippen LogP contribution in [-0.4, -0.2) is 21.6 Å². The van der Waals surface area contributed by atoms with Gasteiger partial charge in [-0.3, -0.25) is 0 Å². The van der Waals surface area contributed by atoms with Gasteiger partial charge in [-0.15, -0.1) is 0 Å². The number of nitrogens with zero attached hydrogens (tertiary/aromatic N) is 2. The zero-order chi connectivity index (χ0) is 16.9. The number of aryl methyl sites for hydroxylation is 1. The van der Waals surface area contributed by atoms with Gasteiger partial charge in [-0.2, -0.15) is 0 Å². The van der Waals surface area contributed by atoms with Gasteiger partial charge < -0.3 is 14.8 Å². The number of hydrogen-bond donors (Lipinski definition) is 1. The van der Waals surface area contributed by atoms with Gasteiger partial charge in [0.1, 0.15) is 0 Å². The van der Waals surface area contributed by atoms with E-state index in [0.29, 0.717) is 0 Å². The predicted molar refractivity (Wildman–Crippen MR) is 105 cm³/mol. The fourth-order valence-electron chi connectivity index (χ4n) is 3.08.